The van der Waals surface area contributed by atoms with Gasteiger partial charge in [0.05, 0.1) is 12.2 Å². The van der Waals surface area contributed by atoms with Gasteiger partial charge >= 0.3 is 5.97 Å². The molecule has 0 radical (unpaired) electrons. The molecular formula is C17H17ClFN3O2S. The van der Waals surface area contributed by atoms with Gasteiger partial charge in [0.25, 0.3) is 0 Å². The highest BCUT2D eigenvalue weighted by atomic mass is 35.5. The van der Waals surface area contributed by atoms with E-state index in [0.717, 1.165) is 17.3 Å². The summed E-state index contributed by atoms with van der Waals surface area (Å²) in [6, 6.07) is 3.39. The van der Waals surface area contributed by atoms with Crippen LogP contribution in [0.1, 0.15) is 25.5 Å². The lowest BCUT2D eigenvalue weighted by atomic mass is 9.96. The Morgan fingerprint density at radius 2 is 2.32 bits per heavy atom. The van der Waals surface area contributed by atoms with Crippen molar-refractivity contribution in [2.24, 2.45) is 9.98 Å². The number of hydrogen-bond acceptors (Lipinski definition) is 6. The summed E-state index contributed by atoms with van der Waals surface area (Å²) < 4.78 is 18.6. The van der Waals surface area contributed by atoms with E-state index >= 15 is 0 Å². The van der Waals surface area contributed by atoms with Crippen LogP contribution in [-0.2, 0) is 9.53 Å². The third-order valence-electron chi connectivity index (χ3n) is 3.78. The number of esters is 1. The van der Waals surface area contributed by atoms with Gasteiger partial charge in [0.15, 0.2) is 5.84 Å². The molecule has 1 aromatic rings. The maximum absolute atomic E-state index is 13.4. The Kier molecular flexibility index (Phi) is 5.44. The largest absolute Gasteiger partial charge is 0.463 e. The van der Waals surface area contributed by atoms with E-state index in [1.807, 2.05) is 0 Å². The summed E-state index contributed by atoms with van der Waals surface area (Å²) in [7, 11) is 0. The fraction of sp³-hybridized carbons (Fsp3) is 0.353. The Hall–Kier alpha value is -1.86. The van der Waals surface area contributed by atoms with E-state index in [-0.39, 0.29) is 11.6 Å². The number of nitrogens with zero attached hydrogens (tertiary/aromatic N) is 2. The molecule has 0 spiro atoms. The highest BCUT2D eigenvalue weighted by Gasteiger charge is 2.33. The summed E-state index contributed by atoms with van der Waals surface area (Å²) in [4.78, 5) is 21.5. The van der Waals surface area contributed by atoms with Crippen LogP contribution < -0.4 is 5.32 Å². The van der Waals surface area contributed by atoms with Gasteiger partial charge in [0, 0.05) is 28.6 Å². The van der Waals surface area contributed by atoms with Gasteiger partial charge in [-0.15, -0.1) is 11.8 Å². The van der Waals surface area contributed by atoms with Crippen LogP contribution in [0.15, 0.2) is 39.5 Å². The van der Waals surface area contributed by atoms with Gasteiger partial charge in [-0.05, 0) is 26.0 Å². The first-order valence-electron chi connectivity index (χ1n) is 7.86. The molecule has 0 amide bonds. The zero-order chi connectivity index (χ0) is 18.0. The molecule has 2 aliphatic heterocycles. The average molecular weight is 382 g/mol. The molecule has 5 nitrogen and oxygen atoms in total. The lowest BCUT2D eigenvalue weighted by Crippen LogP contribution is -2.35. The topological polar surface area (TPSA) is 63.0 Å². The number of amidine groups is 1. The predicted molar refractivity (Wildman–Crippen MR) is 98.8 cm³/mol. The molecule has 0 bridgehead atoms. The molecule has 0 fully saturated rings. The Morgan fingerprint density at radius 3 is 2.96 bits per heavy atom. The SMILES string of the molecule is CCOC(=O)C1=C(C)NC(C2=NCCS2)=NC1c1ccc(F)cc1Cl. The number of hydrogen-bond donors (Lipinski definition) is 1. The summed E-state index contributed by atoms with van der Waals surface area (Å²) in [6.45, 7) is 4.50. The molecule has 1 atom stereocenters. The number of benzene rings is 1. The first kappa shape index (κ1) is 17.9. The normalized spacial score (nSPS) is 20.1. The lowest BCUT2D eigenvalue weighted by Gasteiger charge is -2.26. The number of thioether (sulfide) groups is 1. The summed E-state index contributed by atoms with van der Waals surface area (Å²) in [5.41, 5.74) is 1.54. The Morgan fingerprint density at radius 1 is 1.52 bits per heavy atom. The van der Waals surface area contributed by atoms with Crippen molar-refractivity contribution < 1.29 is 13.9 Å². The van der Waals surface area contributed by atoms with Crippen LogP contribution in [-0.4, -0.2) is 35.8 Å². The molecular weight excluding hydrogens is 365 g/mol. The fourth-order valence-electron chi connectivity index (χ4n) is 2.68. The van der Waals surface area contributed by atoms with Gasteiger partial charge < -0.3 is 10.1 Å². The molecule has 25 heavy (non-hydrogen) atoms. The minimum Gasteiger partial charge on any atom is -0.463 e. The standard InChI is InChI=1S/C17H17ClFN3O2S/c1-3-24-17(23)13-9(2)21-15(16-20-6-7-25-16)22-14(13)11-5-4-10(19)8-12(11)18/h4-5,8,14H,3,6-7H2,1-2H3,(H,21,22). The van der Waals surface area contributed by atoms with Crippen molar-refractivity contribution in [1.82, 2.24) is 5.32 Å². The second kappa shape index (κ2) is 7.58. The molecule has 0 saturated carbocycles. The average Bonchev–Trinajstić information content (AvgIpc) is 3.08. The fourth-order valence-corrected chi connectivity index (χ4v) is 3.75. The van der Waals surface area contributed by atoms with Crippen molar-refractivity contribution in [3.63, 3.8) is 0 Å². The van der Waals surface area contributed by atoms with E-state index < -0.39 is 17.8 Å². The maximum Gasteiger partial charge on any atom is 0.338 e. The highest BCUT2D eigenvalue weighted by Crippen LogP contribution is 2.36. The Balaban J connectivity index is 2.08. The molecule has 132 valence electrons. The third-order valence-corrected chi connectivity index (χ3v) is 5.09. The Bertz CT molecular complexity index is 807. The van der Waals surface area contributed by atoms with Crippen LogP contribution in [0.3, 0.4) is 0 Å². The smallest absolute Gasteiger partial charge is 0.338 e. The van der Waals surface area contributed by atoms with Crippen LogP contribution in [0.25, 0.3) is 0 Å². The summed E-state index contributed by atoms with van der Waals surface area (Å²) in [6.07, 6.45) is 0. The van der Waals surface area contributed by atoms with Gasteiger partial charge in [-0.3, -0.25) is 9.98 Å². The summed E-state index contributed by atoms with van der Waals surface area (Å²) >= 11 is 7.82. The molecule has 0 saturated heterocycles. The number of nitrogens with one attached hydrogen (secondary N) is 1. The van der Waals surface area contributed by atoms with E-state index in [2.05, 4.69) is 15.3 Å². The maximum atomic E-state index is 13.4. The molecule has 1 aromatic carbocycles. The van der Waals surface area contributed by atoms with Crippen LogP contribution in [0.4, 0.5) is 4.39 Å². The molecule has 3 rings (SSSR count). The van der Waals surface area contributed by atoms with Crippen molar-refractivity contribution >= 4 is 40.2 Å². The quantitative estimate of drug-likeness (QED) is 0.811. The predicted octanol–water partition coefficient (Wildman–Crippen LogP) is 3.50. The van der Waals surface area contributed by atoms with Crippen molar-refractivity contribution in [1.29, 1.82) is 0 Å². The van der Waals surface area contributed by atoms with Gasteiger partial charge in [0.1, 0.15) is 16.9 Å². The zero-order valence-electron chi connectivity index (χ0n) is 13.8. The molecule has 8 heteroatoms. The van der Waals surface area contributed by atoms with Gasteiger partial charge in [-0.25, -0.2) is 9.18 Å². The summed E-state index contributed by atoms with van der Waals surface area (Å²) in [5.74, 6) is 0.576. The van der Waals surface area contributed by atoms with Crippen molar-refractivity contribution in [2.75, 3.05) is 18.9 Å². The molecule has 0 aromatic heterocycles. The van der Waals surface area contributed by atoms with E-state index in [4.69, 9.17) is 16.3 Å². The number of allylic oxidation sites excluding steroid dienone is 1. The first-order valence-corrected chi connectivity index (χ1v) is 9.23. The molecule has 2 aliphatic rings. The molecule has 2 heterocycles. The van der Waals surface area contributed by atoms with E-state index in [1.165, 1.54) is 12.1 Å². The van der Waals surface area contributed by atoms with E-state index in [0.29, 0.717) is 22.7 Å². The van der Waals surface area contributed by atoms with Gasteiger partial charge in [0.2, 0.25) is 0 Å². The summed E-state index contributed by atoms with van der Waals surface area (Å²) in [5, 5.41) is 4.15. The number of rotatable bonds is 4. The molecule has 1 unspecified atom stereocenters. The minimum atomic E-state index is -0.674. The van der Waals surface area contributed by atoms with Gasteiger partial charge in [-0.2, -0.15) is 0 Å². The van der Waals surface area contributed by atoms with Crippen LogP contribution in [0.2, 0.25) is 5.02 Å². The number of aliphatic imine (C=N–C) groups is 2. The minimum absolute atomic E-state index is 0.214. The van der Waals surface area contributed by atoms with Crippen LogP contribution in [0, 0.1) is 5.82 Å². The highest BCUT2D eigenvalue weighted by molar-refractivity contribution is 8.16. The van der Waals surface area contributed by atoms with Crippen molar-refractivity contribution in [3.05, 3.63) is 45.9 Å². The second-order valence-electron chi connectivity index (χ2n) is 5.47. The first-order chi connectivity index (χ1) is 12.0. The van der Waals surface area contributed by atoms with Crippen LogP contribution in [0.5, 0.6) is 0 Å². The van der Waals surface area contributed by atoms with Crippen molar-refractivity contribution in [2.45, 2.75) is 19.9 Å². The number of ether oxygens (including phenoxy) is 1. The van der Waals surface area contributed by atoms with Gasteiger partial charge in [-0.1, -0.05) is 17.7 Å². The van der Waals surface area contributed by atoms with Crippen molar-refractivity contribution in [3.8, 4) is 0 Å². The third kappa shape index (κ3) is 3.72. The van der Waals surface area contributed by atoms with E-state index in [1.54, 1.807) is 31.7 Å². The number of halogens is 2. The Labute approximate surface area is 154 Å². The van der Waals surface area contributed by atoms with E-state index in [9.17, 15) is 9.18 Å². The van der Waals surface area contributed by atoms with Crippen LogP contribution >= 0.6 is 23.4 Å². The molecule has 0 aliphatic carbocycles. The lowest BCUT2D eigenvalue weighted by molar-refractivity contribution is -0.138. The number of carbonyl (C=O) groups excluding carboxylic acids is 1. The number of carbonyl (C=O) groups is 1. The monoisotopic (exact) mass is 381 g/mol. The zero-order valence-corrected chi connectivity index (χ0v) is 15.4. The molecule has 1 N–H and O–H groups in total. The second-order valence-corrected chi connectivity index (χ2v) is 6.96.